The van der Waals surface area contributed by atoms with Gasteiger partial charge in [0, 0.05) is 56.6 Å². The lowest BCUT2D eigenvalue weighted by Crippen LogP contribution is -2.47. The summed E-state index contributed by atoms with van der Waals surface area (Å²) in [5.74, 6) is -2.29. The first-order valence-electron chi connectivity index (χ1n) is 14.9. The van der Waals surface area contributed by atoms with Crippen molar-refractivity contribution in [1.29, 1.82) is 0 Å². The molecule has 47 heavy (non-hydrogen) atoms. The summed E-state index contributed by atoms with van der Waals surface area (Å²) in [6.07, 6.45) is -1.01. The minimum absolute atomic E-state index is 0.222. The summed E-state index contributed by atoms with van der Waals surface area (Å²) in [6.45, 7) is 8.59. The van der Waals surface area contributed by atoms with Gasteiger partial charge >= 0.3 is 23.8 Å². The molecule has 0 saturated carbocycles. The van der Waals surface area contributed by atoms with Gasteiger partial charge in [0.05, 0.1) is 12.2 Å². The van der Waals surface area contributed by atoms with E-state index in [0.29, 0.717) is 75.6 Å². The molecule has 0 atom stereocenters. The molecule has 254 valence electrons. The first-order chi connectivity index (χ1) is 22.2. The lowest BCUT2D eigenvalue weighted by Gasteiger charge is -2.36. The van der Waals surface area contributed by atoms with E-state index < -0.39 is 24.7 Å². The molecule has 2 N–H and O–H groups in total. The van der Waals surface area contributed by atoms with Crippen molar-refractivity contribution in [2.45, 2.75) is 46.5 Å². The molecule has 0 unspecified atom stereocenters. The maximum atomic E-state index is 13.2. The largest absolute Gasteiger partial charge is 0.482 e. The average Bonchev–Trinajstić information content (AvgIpc) is 3.01. The molecule has 1 aliphatic heterocycles. The third-order valence-corrected chi connectivity index (χ3v) is 7.58. The monoisotopic (exact) mass is 660 g/mol. The van der Waals surface area contributed by atoms with E-state index >= 15 is 0 Å². The van der Waals surface area contributed by atoms with Crippen molar-refractivity contribution in [3.63, 3.8) is 0 Å². The van der Waals surface area contributed by atoms with Crippen LogP contribution in [0.15, 0.2) is 70.4 Å². The van der Waals surface area contributed by atoms with E-state index in [1.807, 2.05) is 36.9 Å². The number of carbonyl (C=O) groups is 2. The molecule has 0 radical (unpaired) electrons. The van der Waals surface area contributed by atoms with Crippen LogP contribution in [0.5, 0.6) is 5.75 Å². The van der Waals surface area contributed by atoms with Crippen LogP contribution in [0, 0.1) is 20.8 Å². The molecular formula is C33H39F3N4O7. The Kier molecular flexibility index (Phi) is 13.0. The van der Waals surface area contributed by atoms with Gasteiger partial charge < -0.3 is 19.8 Å². The van der Waals surface area contributed by atoms with Crippen molar-refractivity contribution in [3.8, 4) is 5.75 Å². The van der Waals surface area contributed by atoms with Crippen molar-refractivity contribution in [1.82, 2.24) is 14.0 Å². The maximum Gasteiger partial charge on any atom is 0.422 e. The van der Waals surface area contributed by atoms with E-state index in [4.69, 9.17) is 14.9 Å². The van der Waals surface area contributed by atoms with Gasteiger partial charge in [-0.1, -0.05) is 30.3 Å². The highest BCUT2D eigenvalue weighted by Crippen LogP contribution is 2.30. The smallest absolute Gasteiger partial charge is 0.422 e. The van der Waals surface area contributed by atoms with Gasteiger partial charge in [-0.05, 0) is 62.6 Å². The first kappa shape index (κ1) is 36.6. The number of alkyl halides is 3. The van der Waals surface area contributed by atoms with Crippen LogP contribution < -0.4 is 20.9 Å². The Balaban J connectivity index is 0.000000665. The Labute approximate surface area is 269 Å². The highest BCUT2D eigenvalue weighted by molar-refractivity contribution is 5.89. The van der Waals surface area contributed by atoms with Gasteiger partial charge in [0.1, 0.15) is 5.75 Å². The summed E-state index contributed by atoms with van der Waals surface area (Å²) in [5, 5.41) is 15.6. The quantitative estimate of drug-likeness (QED) is 0.294. The molecule has 1 aromatic heterocycles. The molecule has 3 aromatic rings. The third kappa shape index (κ3) is 11.2. The molecule has 0 spiro atoms. The van der Waals surface area contributed by atoms with Crippen LogP contribution in [0.4, 0.5) is 18.9 Å². The van der Waals surface area contributed by atoms with Gasteiger partial charge in [0.2, 0.25) is 0 Å². The fraction of sp³-hybridized carbons (Fsp3) is 0.394. The zero-order valence-corrected chi connectivity index (χ0v) is 26.5. The highest BCUT2D eigenvalue weighted by atomic mass is 19.4. The molecule has 11 nitrogen and oxygen atoms in total. The second-order valence-electron chi connectivity index (χ2n) is 11.1. The van der Waals surface area contributed by atoms with E-state index in [1.54, 1.807) is 42.0 Å². The maximum absolute atomic E-state index is 13.2. The van der Waals surface area contributed by atoms with Gasteiger partial charge in [-0.15, -0.1) is 0 Å². The summed E-state index contributed by atoms with van der Waals surface area (Å²) in [5.41, 5.74) is 3.88. The number of aromatic nitrogens is 2. The van der Waals surface area contributed by atoms with Crippen molar-refractivity contribution >= 4 is 17.6 Å². The summed E-state index contributed by atoms with van der Waals surface area (Å²) in [4.78, 5) is 49.4. The Morgan fingerprint density at radius 2 is 1.45 bits per heavy atom. The number of ether oxygens (including phenoxy) is 1. The SMILES string of the molecule is Cc1cccc(C)c1Cn1cc(C)c(=O)n(CCCN2CCN(c3ccccc3OCC(F)(F)F)CC2)c1=O.O=C(O)C=CC(=O)O. The van der Waals surface area contributed by atoms with Gasteiger partial charge in [0.25, 0.3) is 5.56 Å². The lowest BCUT2D eigenvalue weighted by atomic mass is 10.0. The molecule has 14 heteroatoms. The molecule has 1 aliphatic rings. The number of para-hydroxylation sites is 2. The first-order valence-corrected chi connectivity index (χ1v) is 14.9. The molecule has 0 amide bonds. The second kappa shape index (κ2) is 16.6. The molecular weight excluding hydrogens is 621 g/mol. The van der Waals surface area contributed by atoms with Crippen molar-refractivity contribution in [2.24, 2.45) is 0 Å². The molecule has 4 rings (SSSR count). The summed E-state index contributed by atoms with van der Waals surface area (Å²) >= 11 is 0. The number of carboxylic acid groups (broad SMARTS) is 2. The van der Waals surface area contributed by atoms with Gasteiger partial charge in [0.15, 0.2) is 6.61 Å². The number of nitrogens with zero attached hydrogens (tertiary/aromatic N) is 4. The Hall–Kier alpha value is -4.85. The van der Waals surface area contributed by atoms with E-state index in [9.17, 15) is 32.3 Å². The van der Waals surface area contributed by atoms with E-state index in [0.717, 1.165) is 16.7 Å². The second-order valence-corrected chi connectivity index (χ2v) is 11.1. The minimum atomic E-state index is -4.40. The number of carboxylic acids is 2. The minimum Gasteiger partial charge on any atom is -0.482 e. The predicted octanol–water partition coefficient (Wildman–Crippen LogP) is 3.85. The summed E-state index contributed by atoms with van der Waals surface area (Å²) < 4.78 is 45.9. The fourth-order valence-electron chi connectivity index (χ4n) is 5.19. The molecule has 2 aromatic carbocycles. The Bertz CT molecular complexity index is 1650. The lowest BCUT2D eigenvalue weighted by molar-refractivity contribution is -0.153. The van der Waals surface area contributed by atoms with Crippen LogP contribution in [0.25, 0.3) is 0 Å². The summed E-state index contributed by atoms with van der Waals surface area (Å²) in [6, 6.07) is 12.8. The number of benzene rings is 2. The number of hydrogen-bond acceptors (Lipinski definition) is 7. The number of anilines is 1. The van der Waals surface area contributed by atoms with Crippen molar-refractivity contribution < 1.29 is 37.7 Å². The van der Waals surface area contributed by atoms with Crippen molar-refractivity contribution in [3.05, 3.63) is 104 Å². The normalized spacial score (nSPS) is 13.7. The van der Waals surface area contributed by atoms with Crippen LogP contribution in [0.2, 0.25) is 0 Å². The summed E-state index contributed by atoms with van der Waals surface area (Å²) in [7, 11) is 0. The fourth-order valence-corrected chi connectivity index (χ4v) is 5.19. The van der Waals surface area contributed by atoms with Gasteiger partial charge in [-0.2, -0.15) is 13.2 Å². The number of rotatable bonds is 11. The van der Waals surface area contributed by atoms with Crippen molar-refractivity contribution in [2.75, 3.05) is 44.2 Å². The molecule has 1 fully saturated rings. The van der Waals surface area contributed by atoms with Crippen LogP contribution in [-0.2, 0) is 22.7 Å². The highest BCUT2D eigenvalue weighted by Gasteiger charge is 2.29. The number of halogens is 3. The molecule has 0 bridgehead atoms. The third-order valence-electron chi connectivity index (χ3n) is 7.58. The molecule has 1 saturated heterocycles. The van der Waals surface area contributed by atoms with Gasteiger partial charge in [-0.3, -0.25) is 18.8 Å². The zero-order valence-electron chi connectivity index (χ0n) is 26.5. The Morgan fingerprint density at radius 1 is 0.851 bits per heavy atom. The predicted molar refractivity (Wildman–Crippen MR) is 170 cm³/mol. The molecule has 2 heterocycles. The van der Waals surface area contributed by atoms with Crippen LogP contribution in [-0.4, -0.2) is 81.7 Å². The number of aryl methyl sites for hydroxylation is 3. The van der Waals surface area contributed by atoms with Crippen LogP contribution in [0.3, 0.4) is 0 Å². The van der Waals surface area contributed by atoms with Gasteiger partial charge in [-0.25, -0.2) is 14.4 Å². The molecule has 0 aliphatic carbocycles. The van der Waals surface area contributed by atoms with E-state index in [1.165, 1.54) is 4.57 Å². The number of hydrogen-bond donors (Lipinski definition) is 2. The van der Waals surface area contributed by atoms with Crippen LogP contribution in [0.1, 0.15) is 28.7 Å². The number of aliphatic carboxylic acids is 2. The van der Waals surface area contributed by atoms with Crippen LogP contribution >= 0.6 is 0 Å². The number of piperazine rings is 1. The topological polar surface area (TPSA) is 134 Å². The van der Waals surface area contributed by atoms with E-state index in [2.05, 4.69) is 4.90 Å². The average molecular weight is 661 g/mol. The zero-order chi connectivity index (χ0) is 34.7. The standard InChI is InChI=1S/C29H35F3N4O3.C4H4O4/c1-21-8-6-9-22(2)24(21)19-35-18-23(3)27(37)36(28(35)38)13-7-12-33-14-16-34(17-15-33)25-10-4-5-11-26(25)39-20-29(30,31)32;5-3(6)1-2-4(7)8/h4-6,8-11,18H,7,12-17,19-20H2,1-3H3;1-2H,(H,5,6)(H,7,8). The van der Waals surface area contributed by atoms with E-state index in [-0.39, 0.29) is 17.0 Å². The Morgan fingerprint density at radius 3 is 2.02 bits per heavy atom.